The number of benzene rings is 1. The van der Waals surface area contributed by atoms with Crippen molar-refractivity contribution < 1.29 is 18.7 Å². The number of carboxylic acid groups (broad SMARTS) is 1. The van der Waals surface area contributed by atoms with Crippen LogP contribution < -0.4 is 0 Å². The molecule has 0 amide bonds. The molecular weight excluding hydrogens is 273 g/mol. The minimum atomic E-state index is -2.93. The highest BCUT2D eigenvalue weighted by molar-refractivity contribution is 6.42. The normalized spacial score (nSPS) is 20.7. The first-order valence-corrected chi connectivity index (χ1v) is 5.59. The molecule has 6 heteroatoms. The van der Waals surface area contributed by atoms with Gasteiger partial charge in [0.1, 0.15) is 5.41 Å². The third-order valence-electron chi connectivity index (χ3n) is 3.00. The molecule has 1 aromatic rings. The largest absolute Gasteiger partial charge is 0.481 e. The van der Waals surface area contributed by atoms with E-state index in [1.54, 1.807) is 0 Å². The third kappa shape index (κ3) is 2.00. The van der Waals surface area contributed by atoms with Crippen molar-refractivity contribution in [2.45, 2.75) is 24.2 Å². The number of halogens is 4. The molecule has 1 N–H and O–H groups in total. The Morgan fingerprint density at radius 2 is 1.82 bits per heavy atom. The van der Waals surface area contributed by atoms with Crippen LogP contribution in [0.3, 0.4) is 0 Å². The van der Waals surface area contributed by atoms with Crippen molar-refractivity contribution in [3.8, 4) is 0 Å². The SMILES string of the molecule is O=C(O)C1(c2ccc(Cl)c(Cl)c2)CC(F)(F)C1. The maximum Gasteiger partial charge on any atom is 0.314 e. The summed E-state index contributed by atoms with van der Waals surface area (Å²) in [4.78, 5) is 11.2. The molecule has 0 unspecified atom stereocenters. The first-order valence-electron chi connectivity index (χ1n) is 4.84. The summed E-state index contributed by atoms with van der Waals surface area (Å²) in [6, 6.07) is 4.19. The Bertz CT molecular complexity index is 480. The molecule has 0 aromatic heterocycles. The van der Waals surface area contributed by atoms with E-state index in [-0.39, 0.29) is 15.6 Å². The first-order chi connectivity index (χ1) is 7.77. The van der Waals surface area contributed by atoms with Crippen LogP contribution in [0.1, 0.15) is 18.4 Å². The number of alkyl halides is 2. The molecule has 0 heterocycles. The van der Waals surface area contributed by atoms with Crippen LogP contribution in [0.15, 0.2) is 18.2 Å². The van der Waals surface area contributed by atoms with Crippen LogP contribution in [-0.4, -0.2) is 17.0 Å². The van der Waals surface area contributed by atoms with Gasteiger partial charge in [-0.05, 0) is 17.7 Å². The van der Waals surface area contributed by atoms with Gasteiger partial charge in [0, 0.05) is 12.8 Å². The lowest BCUT2D eigenvalue weighted by Crippen LogP contribution is -2.54. The van der Waals surface area contributed by atoms with Crippen LogP contribution >= 0.6 is 23.2 Å². The van der Waals surface area contributed by atoms with Crippen molar-refractivity contribution in [3.05, 3.63) is 33.8 Å². The number of hydrogen-bond acceptors (Lipinski definition) is 1. The average Bonchev–Trinajstić information content (AvgIpc) is 2.17. The Morgan fingerprint density at radius 1 is 1.24 bits per heavy atom. The number of aliphatic carboxylic acids is 1. The topological polar surface area (TPSA) is 37.3 Å². The van der Waals surface area contributed by atoms with Crippen molar-refractivity contribution in [1.29, 1.82) is 0 Å². The minimum Gasteiger partial charge on any atom is -0.481 e. The predicted octanol–water partition coefficient (Wildman–Crippen LogP) is 3.74. The lowest BCUT2D eigenvalue weighted by atomic mass is 9.62. The van der Waals surface area contributed by atoms with Gasteiger partial charge >= 0.3 is 5.97 Å². The Labute approximate surface area is 106 Å². The van der Waals surface area contributed by atoms with Crippen LogP contribution in [-0.2, 0) is 10.2 Å². The van der Waals surface area contributed by atoms with Crippen molar-refractivity contribution in [3.63, 3.8) is 0 Å². The molecule has 1 aliphatic rings. The van der Waals surface area contributed by atoms with Crippen LogP contribution in [0.2, 0.25) is 10.0 Å². The second-order valence-corrected chi connectivity index (χ2v) is 5.04. The van der Waals surface area contributed by atoms with Gasteiger partial charge in [-0.1, -0.05) is 29.3 Å². The summed E-state index contributed by atoms with van der Waals surface area (Å²) >= 11 is 11.5. The molecule has 0 bridgehead atoms. The standard InChI is InChI=1S/C11H8Cl2F2O2/c12-7-2-1-6(3-8(7)13)10(9(16)17)4-11(14,15)5-10/h1-3H,4-5H2,(H,16,17). The quantitative estimate of drug-likeness (QED) is 0.896. The fourth-order valence-corrected chi connectivity index (χ4v) is 2.40. The molecule has 0 atom stereocenters. The van der Waals surface area contributed by atoms with Gasteiger partial charge in [-0.15, -0.1) is 0 Å². The van der Waals surface area contributed by atoms with Gasteiger partial charge in [0.05, 0.1) is 10.0 Å². The van der Waals surface area contributed by atoms with Crippen molar-refractivity contribution in [1.82, 2.24) is 0 Å². The van der Waals surface area contributed by atoms with E-state index in [0.717, 1.165) is 0 Å². The number of hydrogen-bond donors (Lipinski definition) is 1. The van der Waals surface area contributed by atoms with E-state index in [2.05, 4.69) is 0 Å². The molecule has 1 aliphatic carbocycles. The summed E-state index contributed by atoms with van der Waals surface area (Å²) in [5.41, 5.74) is -1.28. The molecule has 0 saturated heterocycles. The lowest BCUT2D eigenvalue weighted by Gasteiger charge is -2.44. The van der Waals surface area contributed by atoms with Gasteiger partial charge in [0.25, 0.3) is 5.92 Å². The van der Waals surface area contributed by atoms with E-state index in [4.69, 9.17) is 28.3 Å². The molecule has 1 fully saturated rings. The fraction of sp³-hybridized carbons (Fsp3) is 0.364. The van der Waals surface area contributed by atoms with E-state index in [0.29, 0.717) is 0 Å². The molecule has 0 radical (unpaired) electrons. The van der Waals surface area contributed by atoms with Gasteiger partial charge in [0.2, 0.25) is 0 Å². The second kappa shape index (κ2) is 3.82. The number of rotatable bonds is 2. The van der Waals surface area contributed by atoms with Gasteiger partial charge < -0.3 is 5.11 Å². The Balaban J connectivity index is 2.42. The van der Waals surface area contributed by atoms with Crippen LogP contribution in [0.5, 0.6) is 0 Å². The van der Waals surface area contributed by atoms with Crippen LogP contribution in [0.25, 0.3) is 0 Å². The van der Waals surface area contributed by atoms with Crippen molar-refractivity contribution in [2.75, 3.05) is 0 Å². The molecule has 17 heavy (non-hydrogen) atoms. The highest BCUT2D eigenvalue weighted by Gasteiger charge is 2.62. The second-order valence-electron chi connectivity index (χ2n) is 4.23. The molecule has 2 rings (SSSR count). The van der Waals surface area contributed by atoms with Crippen molar-refractivity contribution >= 4 is 29.2 Å². The molecule has 1 saturated carbocycles. The van der Waals surface area contributed by atoms with Gasteiger partial charge in [-0.3, -0.25) is 4.79 Å². The third-order valence-corrected chi connectivity index (χ3v) is 3.74. The summed E-state index contributed by atoms with van der Waals surface area (Å²) in [5.74, 6) is -4.19. The van der Waals surface area contributed by atoms with E-state index in [1.165, 1.54) is 18.2 Å². The Morgan fingerprint density at radius 3 is 2.24 bits per heavy atom. The van der Waals surface area contributed by atoms with Gasteiger partial charge in [0.15, 0.2) is 0 Å². The highest BCUT2D eigenvalue weighted by Crippen LogP contribution is 2.54. The van der Waals surface area contributed by atoms with Crippen molar-refractivity contribution in [2.24, 2.45) is 0 Å². The van der Waals surface area contributed by atoms with E-state index < -0.39 is 30.1 Å². The maximum absolute atomic E-state index is 12.9. The zero-order valence-corrected chi connectivity index (χ0v) is 10.0. The average molecular weight is 281 g/mol. The Kier molecular flexibility index (Phi) is 2.83. The zero-order chi connectivity index (χ0) is 12.8. The fourth-order valence-electron chi connectivity index (χ4n) is 2.10. The minimum absolute atomic E-state index is 0.167. The molecule has 0 aliphatic heterocycles. The molecule has 1 aromatic carbocycles. The molecule has 2 nitrogen and oxygen atoms in total. The number of carbonyl (C=O) groups is 1. The summed E-state index contributed by atoms with van der Waals surface area (Å²) in [6.45, 7) is 0. The zero-order valence-electron chi connectivity index (χ0n) is 8.51. The van der Waals surface area contributed by atoms with Gasteiger partial charge in [-0.2, -0.15) is 0 Å². The summed E-state index contributed by atoms with van der Waals surface area (Å²) in [5, 5.41) is 9.55. The van der Waals surface area contributed by atoms with Crippen LogP contribution in [0.4, 0.5) is 8.78 Å². The smallest absolute Gasteiger partial charge is 0.314 e. The van der Waals surface area contributed by atoms with E-state index in [1.807, 2.05) is 0 Å². The first kappa shape index (κ1) is 12.6. The van der Waals surface area contributed by atoms with E-state index >= 15 is 0 Å². The number of carboxylic acids is 1. The van der Waals surface area contributed by atoms with E-state index in [9.17, 15) is 13.6 Å². The van der Waals surface area contributed by atoms with Gasteiger partial charge in [-0.25, -0.2) is 8.78 Å². The molecular formula is C11H8Cl2F2O2. The predicted molar refractivity (Wildman–Crippen MR) is 60.0 cm³/mol. The Hall–Kier alpha value is -0.870. The summed E-state index contributed by atoms with van der Waals surface area (Å²) in [7, 11) is 0. The summed E-state index contributed by atoms with van der Waals surface area (Å²) in [6.07, 6.45) is -1.40. The van der Waals surface area contributed by atoms with Crippen LogP contribution in [0, 0.1) is 0 Å². The monoisotopic (exact) mass is 280 g/mol. The highest BCUT2D eigenvalue weighted by atomic mass is 35.5. The molecule has 92 valence electrons. The maximum atomic E-state index is 12.9. The lowest BCUT2D eigenvalue weighted by molar-refractivity contribution is -0.174. The summed E-state index contributed by atoms with van der Waals surface area (Å²) < 4.78 is 25.9. The molecule has 0 spiro atoms.